The van der Waals surface area contributed by atoms with E-state index < -0.39 is 0 Å². The lowest BCUT2D eigenvalue weighted by molar-refractivity contribution is 0.199. The van der Waals surface area contributed by atoms with Crippen molar-refractivity contribution >= 4 is 38.9 Å². The molecule has 0 saturated heterocycles. The van der Waals surface area contributed by atoms with E-state index in [4.69, 9.17) is 16.3 Å². The Morgan fingerprint density at radius 3 is 2.62 bits per heavy atom. The molecule has 0 saturated carbocycles. The first-order valence-electron chi connectivity index (χ1n) is 6.88. The average Bonchev–Trinajstić information content (AvgIpc) is 2.88. The number of benzene rings is 1. The summed E-state index contributed by atoms with van der Waals surface area (Å²) in [7, 11) is 1.72. The van der Waals surface area contributed by atoms with E-state index in [0.29, 0.717) is 5.92 Å². The van der Waals surface area contributed by atoms with Gasteiger partial charge in [0.25, 0.3) is 0 Å². The van der Waals surface area contributed by atoms with Gasteiger partial charge in [0.15, 0.2) is 0 Å². The molecule has 1 atom stereocenters. The zero-order valence-corrected chi connectivity index (χ0v) is 15.1. The molecule has 1 aromatic heterocycles. The van der Waals surface area contributed by atoms with Crippen LogP contribution in [0.4, 0.5) is 0 Å². The topological polar surface area (TPSA) is 21.3 Å². The van der Waals surface area contributed by atoms with Crippen LogP contribution in [0.5, 0.6) is 0 Å². The van der Waals surface area contributed by atoms with Crippen LogP contribution in [0, 0.1) is 0 Å². The Morgan fingerprint density at radius 1 is 1.24 bits per heavy atom. The molecule has 0 aliphatic carbocycles. The lowest BCUT2D eigenvalue weighted by Crippen LogP contribution is -2.26. The molecule has 1 N–H and O–H groups in total. The van der Waals surface area contributed by atoms with Gasteiger partial charge in [-0.25, -0.2) is 0 Å². The Balaban J connectivity index is 2.04. The summed E-state index contributed by atoms with van der Waals surface area (Å²) in [5.41, 5.74) is 1.31. The predicted molar refractivity (Wildman–Crippen MR) is 94.7 cm³/mol. The van der Waals surface area contributed by atoms with Gasteiger partial charge in [0, 0.05) is 36.0 Å². The van der Waals surface area contributed by atoms with Crippen LogP contribution < -0.4 is 5.32 Å². The van der Waals surface area contributed by atoms with Crippen molar-refractivity contribution in [3.63, 3.8) is 0 Å². The van der Waals surface area contributed by atoms with Crippen molar-refractivity contribution in [1.29, 1.82) is 0 Å². The quantitative estimate of drug-likeness (QED) is 0.660. The van der Waals surface area contributed by atoms with Crippen molar-refractivity contribution in [3.05, 3.63) is 55.6 Å². The molecule has 1 aromatic carbocycles. The van der Waals surface area contributed by atoms with Gasteiger partial charge in [-0.05, 0) is 52.2 Å². The van der Waals surface area contributed by atoms with Gasteiger partial charge in [0.05, 0.1) is 10.4 Å². The molecule has 5 heteroatoms. The van der Waals surface area contributed by atoms with Crippen molar-refractivity contribution in [2.45, 2.75) is 12.3 Å². The van der Waals surface area contributed by atoms with Crippen molar-refractivity contribution in [3.8, 4) is 0 Å². The van der Waals surface area contributed by atoms with Gasteiger partial charge in [-0.3, -0.25) is 0 Å². The Morgan fingerprint density at radius 2 is 2.00 bits per heavy atom. The molecule has 0 fully saturated rings. The second-order valence-corrected chi connectivity index (χ2v) is 7.84. The maximum atomic E-state index is 5.99. The standard InChI is InChI=1S/C16H19BrClNOS/c1-20-9-8-19-11-13(10-15-6-7-16(17)21-15)12-2-4-14(18)5-3-12/h2-7,13,19H,8-11H2,1H3. The van der Waals surface area contributed by atoms with Crippen LogP contribution in [0.1, 0.15) is 16.4 Å². The molecular weight excluding hydrogens is 370 g/mol. The normalized spacial score (nSPS) is 12.5. The van der Waals surface area contributed by atoms with Crippen LogP contribution >= 0.6 is 38.9 Å². The first-order valence-corrected chi connectivity index (χ1v) is 8.87. The molecule has 114 valence electrons. The Hall–Kier alpha value is -0.390. The highest BCUT2D eigenvalue weighted by atomic mass is 79.9. The van der Waals surface area contributed by atoms with E-state index in [0.717, 1.165) is 31.1 Å². The second kappa shape index (κ2) is 8.91. The van der Waals surface area contributed by atoms with Crippen LogP contribution in [-0.2, 0) is 11.2 Å². The highest BCUT2D eigenvalue weighted by Gasteiger charge is 2.13. The van der Waals surface area contributed by atoms with Gasteiger partial charge in [-0.15, -0.1) is 11.3 Å². The largest absolute Gasteiger partial charge is 0.383 e. The number of halogens is 2. The van der Waals surface area contributed by atoms with E-state index in [-0.39, 0.29) is 0 Å². The van der Waals surface area contributed by atoms with Crippen molar-refractivity contribution in [2.75, 3.05) is 26.8 Å². The van der Waals surface area contributed by atoms with E-state index in [1.807, 2.05) is 12.1 Å². The van der Waals surface area contributed by atoms with E-state index in [9.17, 15) is 0 Å². The number of hydrogen-bond donors (Lipinski definition) is 1. The number of methoxy groups -OCH3 is 1. The minimum absolute atomic E-state index is 0.435. The molecule has 1 heterocycles. The summed E-state index contributed by atoms with van der Waals surface area (Å²) in [6, 6.07) is 12.5. The monoisotopic (exact) mass is 387 g/mol. The minimum atomic E-state index is 0.435. The second-order valence-electron chi connectivity index (χ2n) is 4.86. The highest BCUT2D eigenvalue weighted by Crippen LogP contribution is 2.28. The van der Waals surface area contributed by atoms with Crippen molar-refractivity contribution in [1.82, 2.24) is 5.32 Å². The molecule has 2 rings (SSSR count). The number of nitrogens with one attached hydrogen (secondary N) is 1. The molecule has 0 radical (unpaired) electrons. The fourth-order valence-electron chi connectivity index (χ4n) is 2.20. The summed E-state index contributed by atoms with van der Waals surface area (Å²) in [5, 5.41) is 4.24. The summed E-state index contributed by atoms with van der Waals surface area (Å²) in [5.74, 6) is 0.435. The van der Waals surface area contributed by atoms with Crippen LogP contribution in [0.15, 0.2) is 40.2 Å². The van der Waals surface area contributed by atoms with Gasteiger partial charge in [0.2, 0.25) is 0 Å². The molecular formula is C16H19BrClNOS. The van der Waals surface area contributed by atoms with E-state index in [1.165, 1.54) is 14.2 Å². The van der Waals surface area contributed by atoms with E-state index >= 15 is 0 Å². The zero-order chi connectivity index (χ0) is 15.1. The lowest BCUT2D eigenvalue weighted by atomic mass is 9.95. The summed E-state index contributed by atoms with van der Waals surface area (Å²) < 4.78 is 6.26. The van der Waals surface area contributed by atoms with Crippen molar-refractivity contribution < 1.29 is 4.74 Å². The molecule has 0 bridgehead atoms. The first-order chi connectivity index (χ1) is 10.2. The fraction of sp³-hybridized carbons (Fsp3) is 0.375. The molecule has 2 nitrogen and oxygen atoms in total. The fourth-order valence-corrected chi connectivity index (χ4v) is 3.89. The molecule has 0 aliphatic rings. The van der Waals surface area contributed by atoms with Gasteiger partial charge in [0.1, 0.15) is 0 Å². The van der Waals surface area contributed by atoms with Crippen LogP contribution in [0.3, 0.4) is 0 Å². The highest BCUT2D eigenvalue weighted by molar-refractivity contribution is 9.11. The summed E-state index contributed by atoms with van der Waals surface area (Å²) in [4.78, 5) is 1.38. The van der Waals surface area contributed by atoms with Gasteiger partial charge < -0.3 is 10.1 Å². The smallest absolute Gasteiger partial charge is 0.0701 e. The third-order valence-corrected chi connectivity index (χ3v) is 5.19. The van der Waals surface area contributed by atoms with Gasteiger partial charge >= 0.3 is 0 Å². The molecule has 2 aromatic rings. The summed E-state index contributed by atoms with van der Waals surface area (Å²) in [6.45, 7) is 2.53. The molecule has 0 spiro atoms. The van der Waals surface area contributed by atoms with Crippen LogP contribution in [0.2, 0.25) is 5.02 Å². The summed E-state index contributed by atoms with van der Waals surface area (Å²) >= 11 is 11.3. The van der Waals surface area contributed by atoms with Gasteiger partial charge in [-0.1, -0.05) is 23.7 Å². The van der Waals surface area contributed by atoms with Crippen LogP contribution in [0.25, 0.3) is 0 Å². The number of thiophene rings is 1. The average molecular weight is 389 g/mol. The zero-order valence-electron chi connectivity index (χ0n) is 11.9. The Kier molecular flexibility index (Phi) is 7.20. The number of ether oxygens (including phenoxy) is 1. The maximum Gasteiger partial charge on any atom is 0.0701 e. The third-order valence-electron chi connectivity index (χ3n) is 3.29. The number of hydrogen-bond acceptors (Lipinski definition) is 3. The first kappa shape index (κ1) is 17.0. The third kappa shape index (κ3) is 5.72. The van der Waals surface area contributed by atoms with Crippen molar-refractivity contribution in [2.24, 2.45) is 0 Å². The van der Waals surface area contributed by atoms with Crippen LogP contribution in [-0.4, -0.2) is 26.8 Å². The SMILES string of the molecule is COCCNCC(Cc1ccc(Br)s1)c1ccc(Cl)cc1. The molecule has 21 heavy (non-hydrogen) atoms. The predicted octanol–water partition coefficient (Wildman–Crippen LogP) is 4.73. The lowest BCUT2D eigenvalue weighted by Gasteiger charge is -2.17. The summed E-state index contributed by atoms with van der Waals surface area (Å²) in [6.07, 6.45) is 1.03. The van der Waals surface area contributed by atoms with E-state index in [1.54, 1.807) is 18.4 Å². The number of rotatable bonds is 8. The Labute approximate surface area is 143 Å². The molecule has 0 amide bonds. The molecule has 0 aliphatic heterocycles. The Bertz CT molecular complexity index is 543. The maximum absolute atomic E-state index is 5.99. The van der Waals surface area contributed by atoms with Gasteiger partial charge in [-0.2, -0.15) is 0 Å². The molecule has 1 unspecified atom stereocenters. The van der Waals surface area contributed by atoms with E-state index in [2.05, 4.69) is 45.5 Å². The minimum Gasteiger partial charge on any atom is -0.383 e.